The minimum Gasteiger partial charge on any atom is -0.373 e. The largest absolute Gasteiger partial charge is 0.373 e. The number of ether oxygens (including phenoxy) is 1. The Labute approximate surface area is 114 Å². The Hall–Kier alpha value is -1.14. The molecule has 3 amide bonds. The van der Waals surface area contributed by atoms with Crippen LogP contribution in [0.4, 0.5) is 4.79 Å². The number of morpholine rings is 1. The lowest BCUT2D eigenvalue weighted by atomic mass is 10.1. The molecule has 6 heteroatoms. The molecule has 0 spiro atoms. The van der Waals surface area contributed by atoms with Crippen LogP contribution in [-0.4, -0.2) is 54.2 Å². The molecular formula is C13H25N3O3. The van der Waals surface area contributed by atoms with E-state index in [1.165, 1.54) is 0 Å². The number of amides is 3. The van der Waals surface area contributed by atoms with Crippen molar-refractivity contribution < 1.29 is 14.3 Å². The summed E-state index contributed by atoms with van der Waals surface area (Å²) in [5.41, 5.74) is 0. The number of urea groups is 1. The molecule has 0 aliphatic carbocycles. The van der Waals surface area contributed by atoms with Crippen molar-refractivity contribution in [3.05, 3.63) is 0 Å². The minimum absolute atomic E-state index is 0.00605. The van der Waals surface area contributed by atoms with E-state index in [0.717, 1.165) is 0 Å². The van der Waals surface area contributed by atoms with Gasteiger partial charge in [0, 0.05) is 19.1 Å². The predicted octanol–water partition coefficient (Wildman–Crippen LogP) is 0.718. The lowest BCUT2D eigenvalue weighted by molar-refractivity contribution is -0.130. The van der Waals surface area contributed by atoms with Gasteiger partial charge in [-0.3, -0.25) is 15.0 Å². The van der Waals surface area contributed by atoms with Crippen LogP contribution in [-0.2, 0) is 9.53 Å². The van der Waals surface area contributed by atoms with Crippen LogP contribution in [0, 0.1) is 0 Å². The van der Waals surface area contributed by atoms with Gasteiger partial charge in [0.25, 0.3) is 0 Å². The quantitative estimate of drug-likeness (QED) is 0.793. The van der Waals surface area contributed by atoms with Crippen molar-refractivity contribution in [2.24, 2.45) is 0 Å². The summed E-state index contributed by atoms with van der Waals surface area (Å²) in [4.78, 5) is 25.5. The first-order valence-corrected chi connectivity index (χ1v) is 6.80. The van der Waals surface area contributed by atoms with Crippen LogP contribution in [0.15, 0.2) is 0 Å². The molecule has 0 aromatic carbocycles. The molecule has 0 aromatic heterocycles. The van der Waals surface area contributed by atoms with Gasteiger partial charge in [0.2, 0.25) is 5.91 Å². The predicted molar refractivity (Wildman–Crippen MR) is 72.9 cm³/mol. The fraction of sp³-hybridized carbons (Fsp3) is 0.846. The fourth-order valence-corrected chi connectivity index (χ4v) is 2.21. The summed E-state index contributed by atoms with van der Waals surface area (Å²) in [7, 11) is 0. The second-order valence-corrected chi connectivity index (χ2v) is 5.50. The van der Waals surface area contributed by atoms with E-state index in [-0.39, 0.29) is 30.2 Å². The highest BCUT2D eigenvalue weighted by molar-refractivity contribution is 5.96. The molecule has 0 bridgehead atoms. The van der Waals surface area contributed by atoms with Gasteiger partial charge in [0.1, 0.15) is 0 Å². The maximum absolute atomic E-state index is 12.0. The van der Waals surface area contributed by atoms with Gasteiger partial charge in [0.15, 0.2) is 0 Å². The van der Waals surface area contributed by atoms with Gasteiger partial charge in [-0.2, -0.15) is 0 Å². The fourth-order valence-electron chi connectivity index (χ4n) is 2.21. The van der Waals surface area contributed by atoms with E-state index in [1.54, 1.807) is 0 Å². The molecule has 6 nitrogen and oxygen atoms in total. The van der Waals surface area contributed by atoms with Crippen molar-refractivity contribution in [1.29, 1.82) is 0 Å². The maximum atomic E-state index is 12.0. The summed E-state index contributed by atoms with van der Waals surface area (Å²) >= 11 is 0. The standard InChI is InChI=1S/C13H25N3O3/c1-8(2)14-13(18)15-12(17)11(5)16-6-9(3)19-10(4)7-16/h8-11H,6-7H2,1-5H3,(H2,14,15,17,18)/t9-,10+,11-/m0/s1. The zero-order valence-corrected chi connectivity index (χ0v) is 12.4. The number of hydrogen-bond donors (Lipinski definition) is 2. The van der Waals surface area contributed by atoms with Crippen LogP contribution in [0.1, 0.15) is 34.6 Å². The molecule has 1 aliphatic heterocycles. The summed E-state index contributed by atoms with van der Waals surface area (Å²) in [5.74, 6) is -0.278. The first-order valence-electron chi connectivity index (χ1n) is 6.80. The maximum Gasteiger partial charge on any atom is 0.321 e. The van der Waals surface area contributed by atoms with Crippen LogP contribution >= 0.6 is 0 Å². The number of carbonyl (C=O) groups is 2. The van der Waals surface area contributed by atoms with Crippen LogP contribution in [0.5, 0.6) is 0 Å². The summed E-state index contributed by atoms with van der Waals surface area (Å²) in [6, 6.07) is -0.778. The van der Waals surface area contributed by atoms with Crippen molar-refractivity contribution in [1.82, 2.24) is 15.5 Å². The Morgan fingerprint density at radius 1 is 1.16 bits per heavy atom. The molecule has 19 heavy (non-hydrogen) atoms. The molecule has 110 valence electrons. The lowest BCUT2D eigenvalue weighted by Crippen LogP contribution is -2.55. The second kappa shape index (κ2) is 6.86. The van der Waals surface area contributed by atoms with Gasteiger partial charge in [-0.15, -0.1) is 0 Å². The summed E-state index contributed by atoms with van der Waals surface area (Å²) < 4.78 is 5.63. The van der Waals surface area contributed by atoms with Crippen LogP contribution < -0.4 is 10.6 Å². The van der Waals surface area contributed by atoms with E-state index >= 15 is 0 Å². The lowest BCUT2D eigenvalue weighted by Gasteiger charge is -2.38. The third-order valence-electron chi connectivity index (χ3n) is 3.03. The smallest absolute Gasteiger partial charge is 0.321 e. The van der Waals surface area contributed by atoms with Crippen LogP contribution in [0.25, 0.3) is 0 Å². The molecule has 1 heterocycles. The Morgan fingerprint density at radius 2 is 1.68 bits per heavy atom. The third kappa shape index (κ3) is 5.16. The normalized spacial score (nSPS) is 26.0. The Balaban J connectivity index is 2.49. The van der Waals surface area contributed by atoms with Crippen LogP contribution in [0.3, 0.4) is 0 Å². The Kier molecular flexibility index (Phi) is 5.75. The molecule has 0 saturated carbocycles. The molecular weight excluding hydrogens is 246 g/mol. The minimum atomic E-state index is -0.443. The first kappa shape index (κ1) is 15.9. The van der Waals surface area contributed by atoms with Gasteiger partial charge in [-0.25, -0.2) is 4.79 Å². The molecule has 2 N–H and O–H groups in total. The number of nitrogens with zero attached hydrogens (tertiary/aromatic N) is 1. The van der Waals surface area contributed by atoms with E-state index in [1.807, 2.05) is 39.5 Å². The van der Waals surface area contributed by atoms with Gasteiger partial charge < -0.3 is 10.1 Å². The monoisotopic (exact) mass is 271 g/mol. The van der Waals surface area contributed by atoms with E-state index < -0.39 is 6.03 Å². The molecule has 0 aromatic rings. The van der Waals surface area contributed by atoms with Crippen molar-refractivity contribution in [3.8, 4) is 0 Å². The number of nitrogens with one attached hydrogen (secondary N) is 2. The average Bonchev–Trinajstić information content (AvgIpc) is 2.25. The molecule has 1 rings (SSSR count). The summed E-state index contributed by atoms with van der Waals surface area (Å²) in [6.07, 6.45) is 0.201. The zero-order valence-electron chi connectivity index (χ0n) is 12.4. The second-order valence-electron chi connectivity index (χ2n) is 5.50. The average molecular weight is 271 g/mol. The zero-order chi connectivity index (χ0) is 14.6. The van der Waals surface area contributed by atoms with E-state index in [2.05, 4.69) is 10.6 Å². The highest BCUT2D eigenvalue weighted by atomic mass is 16.5. The summed E-state index contributed by atoms with van der Waals surface area (Å²) in [5, 5.41) is 5.00. The van der Waals surface area contributed by atoms with Gasteiger partial charge in [-0.1, -0.05) is 0 Å². The molecule has 0 unspecified atom stereocenters. The molecule has 0 radical (unpaired) electrons. The van der Waals surface area contributed by atoms with Gasteiger partial charge in [0.05, 0.1) is 18.2 Å². The highest BCUT2D eigenvalue weighted by Gasteiger charge is 2.29. The Morgan fingerprint density at radius 3 is 2.16 bits per heavy atom. The highest BCUT2D eigenvalue weighted by Crippen LogP contribution is 2.13. The molecule has 1 aliphatic rings. The number of imide groups is 1. The van der Waals surface area contributed by atoms with Gasteiger partial charge in [-0.05, 0) is 34.6 Å². The van der Waals surface area contributed by atoms with Crippen molar-refractivity contribution in [2.75, 3.05) is 13.1 Å². The number of hydrogen-bond acceptors (Lipinski definition) is 4. The van der Waals surface area contributed by atoms with E-state index in [0.29, 0.717) is 13.1 Å². The van der Waals surface area contributed by atoms with Crippen molar-refractivity contribution in [3.63, 3.8) is 0 Å². The van der Waals surface area contributed by atoms with E-state index in [4.69, 9.17) is 4.74 Å². The van der Waals surface area contributed by atoms with E-state index in [9.17, 15) is 9.59 Å². The Bertz CT molecular complexity index is 323. The SMILES string of the molecule is CC(C)NC(=O)NC(=O)[C@H](C)N1C[C@@H](C)O[C@@H](C)C1. The first-order chi connectivity index (χ1) is 8.79. The van der Waals surface area contributed by atoms with Gasteiger partial charge >= 0.3 is 6.03 Å². The number of carbonyl (C=O) groups excluding carboxylic acids is 2. The number of rotatable bonds is 3. The van der Waals surface area contributed by atoms with Crippen LogP contribution in [0.2, 0.25) is 0 Å². The molecule has 3 atom stereocenters. The third-order valence-corrected chi connectivity index (χ3v) is 3.03. The molecule has 1 fully saturated rings. The van der Waals surface area contributed by atoms with Crippen molar-refractivity contribution >= 4 is 11.9 Å². The summed E-state index contributed by atoms with van der Waals surface area (Å²) in [6.45, 7) is 10.9. The van der Waals surface area contributed by atoms with Crippen molar-refractivity contribution in [2.45, 2.75) is 58.9 Å². The topological polar surface area (TPSA) is 70.7 Å². The molecule has 1 saturated heterocycles.